The predicted octanol–water partition coefficient (Wildman–Crippen LogP) is 3.65. The van der Waals surface area contributed by atoms with Crippen LogP contribution in [0.2, 0.25) is 0 Å². The number of amides is 2. The quantitative estimate of drug-likeness (QED) is 0.672. The van der Waals surface area contributed by atoms with Crippen molar-refractivity contribution in [2.75, 3.05) is 20.2 Å². The molecular formula is C24H19FN2O3. The number of fused-ring (bicyclic) bond motifs is 3. The minimum atomic E-state index is -1.05. The van der Waals surface area contributed by atoms with E-state index < -0.39 is 11.5 Å². The molecule has 5 nitrogen and oxygen atoms in total. The first-order chi connectivity index (χ1) is 14.6. The van der Waals surface area contributed by atoms with Crippen molar-refractivity contribution < 1.29 is 18.7 Å². The van der Waals surface area contributed by atoms with E-state index in [0.29, 0.717) is 30.0 Å². The van der Waals surface area contributed by atoms with Crippen LogP contribution in [0.5, 0.6) is 5.75 Å². The average Bonchev–Trinajstić information content (AvgIpc) is 3.30. The molecule has 1 unspecified atom stereocenters. The van der Waals surface area contributed by atoms with Crippen LogP contribution in [-0.2, 0) is 5.66 Å². The van der Waals surface area contributed by atoms with E-state index in [9.17, 15) is 14.0 Å². The fraction of sp³-hybridized carbons (Fsp3) is 0.167. The van der Waals surface area contributed by atoms with Crippen LogP contribution in [0, 0.1) is 5.82 Å². The van der Waals surface area contributed by atoms with Gasteiger partial charge in [-0.2, -0.15) is 0 Å². The highest BCUT2D eigenvalue weighted by molar-refractivity contribution is 6.03. The first kappa shape index (κ1) is 18.4. The van der Waals surface area contributed by atoms with Gasteiger partial charge >= 0.3 is 0 Å². The van der Waals surface area contributed by atoms with Crippen molar-refractivity contribution in [3.8, 4) is 5.75 Å². The molecule has 0 aromatic heterocycles. The summed E-state index contributed by atoms with van der Waals surface area (Å²) in [5.41, 5.74) is 1.49. The monoisotopic (exact) mass is 402 g/mol. The van der Waals surface area contributed by atoms with Crippen LogP contribution in [0.25, 0.3) is 0 Å². The molecule has 1 atom stereocenters. The summed E-state index contributed by atoms with van der Waals surface area (Å²) in [6.07, 6.45) is 0. The van der Waals surface area contributed by atoms with Gasteiger partial charge in [-0.1, -0.05) is 30.3 Å². The van der Waals surface area contributed by atoms with Crippen molar-refractivity contribution in [2.45, 2.75) is 5.66 Å². The summed E-state index contributed by atoms with van der Waals surface area (Å²) in [4.78, 5) is 30.3. The van der Waals surface area contributed by atoms with E-state index in [1.54, 1.807) is 23.0 Å². The summed E-state index contributed by atoms with van der Waals surface area (Å²) in [7, 11) is 1.59. The van der Waals surface area contributed by atoms with Gasteiger partial charge in [-0.05, 0) is 42.5 Å². The number of hydrogen-bond donors (Lipinski definition) is 0. The first-order valence-electron chi connectivity index (χ1n) is 9.71. The molecule has 5 rings (SSSR count). The highest BCUT2D eigenvalue weighted by atomic mass is 19.1. The Balaban J connectivity index is 1.72. The van der Waals surface area contributed by atoms with Crippen molar-refractivity contribution in [3.63, 3.8) is 0 Å². The number of methoxy groups -OCH3 is 1. The van der Waals surface area contributed by atoms with Gasteiger partial charge in [0, 0.05) is 35.3 Å². The molecule has 3 aromatic carbocycles. The number of benzene rings is 3. The van der Waals surface area contributed by atoms with Gasteiger partial charge in [0.05, 0.1) is 7.11 Å². The van der Waals surface area contributed by atoms with E-state index >= 15 is 0 Å². The highest BCUT2D eigenvalue weighted by Crippen LogP contribution is 2.50. The maximum Gasteiger partial charge on any atom is 0.256 e. The molecular weight excluding hydrogens is 383 g/mol. The van der Waals surface area contributed by atoms with E-state index in [2.05, 4.69) is 0 Å². The van der Waals surface area contributed by atoms with Gasteiger partial charge in [-0.15, -0.1) is 0 Å². The summed E-state index contributed by atoms with van der Waals surface area (Å²) in [5.74, 6) is -0.0665. The maximum absolute atomic E-state index is 13.6. The molecule has 30 heavy (non-hydrogen) atoms. The lowest BCUT2D eigenvalue weighted by Gasteiger charge is -2.40. The van der Waals surface area contributed by atoms with Crippen LogP contribution in [0.3, 0.4) is 0 Å². The molecule has 2 aliphatic heterocycles. The maximum atomic E-state index is 13.6. The molecule has 6 heteroatoms. The van der Waals surface area contributed by atoms with Gasteiger partial charge in [0.25, 0.3) is 11.8 Å². The largest absolute Gasteiger partial charge is 0.497 e. The topological polar surface area (TPSA) is 49.9 Å². The lowest BCUT2D eigenvalue weighted by atomic mass is 9.89. The van der Waals surface area contributed by atoms with Crippen molar-refractivity contribution in [3.05, 3.63) is 101 Å². The van der Waals surface area contributed by atoms with E-state index in [4.69, 9.17) is 4.74 Å². The third-order valence-electron chi connectivity index (χ3n) is 5.94. The van der Waals surface area contributed by atoms with Crippen LogP contribution < -0.4 is 4.74 Å². The average molecular weight is 402 g/mol. The van der Waals surface area contributed by atoms with Crippen molar-refractivity contribution >= 4 is 11.8 Å². The summed E-state index contributed by atoms with van der Waals surface area (Å²) < 4.78 is 18.7. The van der Waals surface area contributed by atoms with E-state index in [1.807, 2.05) is 42.5 Å². The van der Waals surface area contributed by atoms with Gasteiger partial charge in [-0.3, -0.25) is 9.59 Å². The van der Waals surface area contributed by atoms with Gasteiger partial charge in [-0.25, -0.2) is 4.39 Å². The molecule has 0 N–H and O–H groups in total. The lowest BCUT2D eigenvalue weighted by molar-refractivity contribution is 0.0375. The first-order valence-corrected chi connectivity index (χ1v) is 9.71. The third kappa shape index (κ3) is 2.40. The Morgan fingerprint density at radius 3 is 2.37 bits per heavy atom. The Bertz CT molecular complexity index is 1140. The van der Waals surface area contributed by atoms with E-state index in [-0.39, 0.29) is 11.8 Å². The molecule has 2 aliphatic rings. The smallest absolute Gasteiger partial charge is 0.256 e. The molecule has 0 saturated carbocycles. The lowest BCUT2D eigenvalue weighted by Crippen LogP contribution is -2.51. The van der Waals surface area contributed by atoms with Gasteiger partial charge in [0.2, 0.25) is 0 Å². The molecule has 0 aliphatic carbocycles. The number of halogens is 1. The fourth-order valence-corrected chi connectivity index (χ4v) is 4.62. The Morgan fingerprint density at radius 2 is 1.67 bits per heavy atom. The molecule has 1 fully saturated rings. The zero-order valence-corrected chi connectivity index (χ0v) is 16.3. The van der Waals surface area contributed by atoms with Crippen molar-refractivity contribution in [2.24, 2.45) is 0 Å². The summed E-state index contributed by atoms with van der Waals surface area (Å²) >= 11 is 0. The highest BCUT2D eigenvalue weighted by Gasteiger charge is 2.59. The summed E-state index contributed by atoms with van der Waals surface area (Å²) in [6, 6.07) is 20.3. The van der Waals surface area contributed by atoms with Crippen LogP contribution in [0.15, 0.2) is 72.8 Å². The van der Waals surface area contributed by atoms with Gasteiger partial charge in [0.15, 0.2) is 5.66 Å². The Hall–Kier alpha value is -3.67. The van der Waals surface area contributed by atoms with Crippen LogP contribution >= 0.6 is 0 Å². The minimum Gasteiger partial charge on any atom is -0.497 e. The SMILES string of the molecule is COc1ccc(C23c4ccccc4C(=O)N2CCN3C(=O)c2ccc(F)cc2)cc1. The molecule has 0 radical (unpaired) electrons. The third-order valence-corrected chi connectivity index (χ3v) is 5.94. The molecule has 2 amide bonds. The van der Waals surface area contributed by atoms with E-state index in [0.717, 1.165) is 11.1 Å². The molecule has 0 bridgehead atoms. The number of carbonyl (C=O) groups excluding carboxylic acids is 2. The number of nitrogens with zero attached hydrogens (tertiary/aromatic N) is 2. The predicted molar refractivity (Wildman–Crippen MR) is 109 cm³/mol. The van der Waals surface area contributed by atoms with Crippen LogP contribution in [0.1, 0.15) is 31.8 Å². The molecule has 0 spiro atoms. The number of rotatable bonds is 3. The normalized spacial score (nSPS) is 19.6. The fourth-order valence-electron chi connectivity index (χ4n) is 4.62. The Kier molecular flexibility index (Phi) is 4.10. The minimum absolute atomic E-state index is 0.101. The molecule has 150 valence electrons. The molecule has 2 heterocycles. The van der Waals surface area contributed by atoms with Crippen molar-refractivity contribution in [1.29, 1.82) is 0 Å². The Morgan fingerprint density at radius 1 is 0.967 bits per heavy atom. The second kappa shape index (κ2) is 6.69. The number of ether oxygens (including phenoxy) is 1. The summed E-state index contributed by atoms with van der Waals surface area (Å²) in [6.45, 7) is 0.786. The van der Waals surface area contributed by atoms with Crippen molar-refractivity contribution in [1.82, 2.24) is 9.80 Å². The number of carbonyl (C=O) groups is 2. The summed E-state index contributed by atoms with van der Waals surface area (Å²) in [5, 5.41) is 0. The Labute approximate surface area is 173 Å². The number of hydrogen-bond acceptors (Lipinski definition) is 3. The molecule has 1 saturated heterocycles. The van der Waals surface area contributed by atoms with E-state index in [1.165, 1.54) is 24.3 Å². The van der Waals surface area contributed by atoms with Crippen LogP contribution in [-0.4, -0.2) is 41.8 Å². The van der Waals surface area contributed by atoms with Gasteiger partial charge < -0.3 is 14.5 Å². The second-order valence-electron chi connectivity index (χ2n) is 7.37. The second-order valence-corrected chi connectivity index (χ2v) is 7.37. The molecule has 3 aromatic rings. The standard InChI is InChI=1S/C24H19FN2O3/c1-30-19-12-8-17(9-13-19)24-21-5-3-2-4-20(21)23(29)27(24)15-14-26(24)22(28)16-6-10-18(25)11-7-16/h2-13H,14-15H2,1H3. The zero-order chi connectivity index (χ0) is 20.9. The van der Waals surface area contributed by atoms with Gasteiger partial charge in [0.1, 0.15) is 11.6 Å². The van der Waals surface area contributed by atoms with Crippen LogP contribution in [0.4, 0.5) is 4.39 Å². The zero-order valence-electron chi connectivity index (χ0n) is 16.3.